The fraction of sp³-hybridized carbons (Fsp3) is 0.214. The van der Waals surface area contributed by atoms with Crippen LogP contribution in [0.4, 0.5) is 4.79 Å². The monoisotopic (exact) mass is 457 g/mol. The molecule has 1 saturated heterocycles. The van der Waals surface area contributed by atoms with Crippen molar-refractivity contribution < 1.29 is 14.3 Å². The van der Waals surface area contributed by atoms with Crippen molar-refractivity contribution in [1.82, 2.24) is 4.90 Å². The largest absolute Gasteiger partial charge is 0.445 e. The number of carbonyl (C=O) groups is 2. The molecule has 0 radical (unpaired) electrons. The smallest absolute Gasteiger partial charge is 0.410 e. The topological polar surface area (TPSA) is 46.6 Å². The van der Waals surface area contributed by atoms with Crippen molar-refractivity contribution in [3.05, 3.63) is 120 Å². The minimum atomic E-state index is -0.500. The normalized spacial score (nSPS) is 18.0. The molecule has 1 aliphatic heterocycles. The molecule has 1 amide bonds. The van der Waals surface area contributed by atoms with Crippen LogP contribution in [-0.4, -0.2) is 41.7 Å². The van der Waals surface area contributed by atoms with E-state index in [2.05, 4.69) is 79.4 Å². The quantitative estimate of drug-likeness (QED) is 0.248. The Balaban J connectivity index is 1.77. The highest BCUT2D eigenvalue weighted by Crippen LogP contribution is 2.52. The summed E-state index contributed by atoms with van der Waals surface area (Å²) in [4.78, 5) is 26.0. The van der Waals surface area contributed by atoms with Gasteiger partial charge in [0.15, 0.2) is 0 Å². The SMILES string of the molecule is C=CCOC(=O)N1C[C@@H](SC(c2ccccc2)(c2ccccc2)c2ccccc2)C[C@H]1C=O. The molecule has 0 saturated carbocycles. The molecule has 0 spiro atoms. The van der Waals surface area contributed by atoms with E-state index < -0.39 is 16.9 Å². The maximum atomic E-state index is 12.6. The van der Waals surface area contributed by atoms with Crippen molar-refractivity contribution in [3.8, 4) is 0 Å². The van der Waals surface area contributed by atoms with Crippen molar-refractivity contribution in [2.45, 2.75) is 22.5 Å². The Hall–Kier alpha value is -3.31. The third kappa shape index (κ3) is 4.74. The summed E-state index contributed by atoms with van der Waals surface area (Å²) in [5, 5.41) is 0.0390. The van der Waals surface area contributed by atoms with Gasteiger partial charge < -0.3 is 9.53 Å². The second kappa shape index (κ2) is 10.5. The van der Waals surface area contributed by atoms with Gasteiger partial charge in [0.2, 0.25) is 0 Å². The van der Waals surface area contributed by atoms with Crippen LogP contribution in [0.25, 0.3) is 0 Å². The number of thioether (sulfide) groups is 1. The minimum Gasteiger partial charge on any atom is -0.445 e. The lowest BCUT2D eigenvalue weighted by Crippen LogP contribution is -2.37. The number of hydrogen-bond donors (Lipinski definition) is 0. The molecule has 33 heavy (non-hydrogen) atoms. The Morgan fingerprint density at radius 1 is 0.939 bits per heavy atom. The van der Waals surface area contributed by atoms with Crippen molar-refractivity contribution in [2.24, 2.45) is 0 Å². The summed E-state index contributed by atoms with van der Waals surface area (Å²) in [5.41, 5.74) is 3.47. The minimum absolute atomic E-state index is 0.0390. The van der Waals surface area contributed by atoms with E-state index >= 15 is 0 Å². The van der Waals surface area contributed by atoms with Crippen molar-refractivity contribution in [2.75, 3.05) is 13.2 Å². The van der Waals surface area contributed by atoms with E-state index in [1.54, 1.807) is 16.7 Å². The Kier molecular flexibility index (Phi) is 7.30. The van der Waals surface area contributed by atoms with E-state index in [4.69, 9.17) is 4.74 Å². The summed E-state index contributed by atoms with van der Waals surface area (Å²) in [5.74, 6) is 0. The summed E-state index contributed by atoms with van der Waals surface area (Å²) in [6.45, 7) is 4.16. The van der Waals surface area contributed by atoms with E-state index in [9.17, 15) is 9.59 Å². The number of likely N-dealkylation sites (tertiary alicyclic amines) is 1. The molecule has 0 bridgehead atoms. The first-order valence-corrected chi connectivity index (χ1v) is 11.9. The molecule has 1 heterocycles. The van der Waals surface area contributed by atoms with Gasteiger partial charge in [0, 0.05) is 11.8 Å². The highest BCUT2D eigenvalue weighted by atomic mass is 32.2. The lowest BCUT2D eigenvalue weighted by molar-refractivity contribution is -0.111. The van der Waals surface area contributed by atoms with Crippen LogP contribution in [0.3, 0.4) is 0 Å². The first-order chi connectivity index (χ1) is 16.2. The van der Waals surface area contributed by atoms with Crippen LogP contribution in [-0.2, 0) is 14.3 Å². The molecule has 0 aliphatic carbocycles. The zero-order chi connectivity index (χ0) is 23.1. The number of ether oxygens (including phenoxy) is 1. The molecular formula is C28H27NO3S. The predicted molar refractivity (Wildman–Crippen MR) is 133 cm³/mol. The number of aldehydes is 1. The number of nitrogens with zero attached hydrogens (tertiary/aromatic N) is 1. The number of benzene rings is 3. The van der Waals surface area contributed by atoms with Crippen LogP contribution in [0.2, 0.25) is 0 Å². The lowest BCUT2D eigenvalue weighted by Gasteiger charge is -2.37. The Morgan fingerprint density at radius 2 is 1.42 bits per heavy atom. The van der Waals surface area contributed by atoms with Crippen LogP contribution >= 0.6 is 11.8 Å². The third-order valence-electron chi connectivity index (χ3n) is 5.91. The van der Waals surface area contributed by atoms with Gasteiger partial charge in [-0.3, -0.25) is 4.90 Å². The van der Waals surface area contributed by atoms with Gasteiger partial charge in [-0.15, -0.1) is 11.8 Å². The average molecular weight is 458 g/mol. The van der Waals surface area contributed by atoms with E-state index in [1.165, 1.54) is 6.08 Å². The van der Waals surface area contributed by atoms with E-state index in [0.717, 1.165) is 23.0 Å². The van der Waals surface area contributed by atoms with Crippen LogP contribution in [0.15, 0.2) is 104 Å². The Bertz CT molecular complexity index is 975. The first kappa shape index (κ1) is 22.9. The van der Waals surface area contributed by atoms with Crippen LogP contribution in [0.1, 0.15) is 23.1 Å². The molecule has 0 unspecified atom stereocenters. The molecule has 0 aromatic heterocycles. The molecule has 3 aromatic carbocycles. The summed E-state index contributed by atoms with van der Waals surface area (Å²) in [7, 11) is 0. The van der Waals surface area contributed by atoms with E-state index in [1.807, 2.05) is 18.2 Å². The van der Waals surface area contributed by atoms with Gasteiger partial charge >= 0.3 is 6.09 Å². The van der Waals surface area contributed by atoms with E-state index in [-0.39, 0.29) is 11.9 Å². The molecule has 1 fully saturated rings. The highest BCUT2D eigenvalue weighted by Gasteiger charge is 2.44. The third-order valence-corrected chi connectivity index (χ3v) is 7.64. The summed E-state index contributed by atoms with van der Waals surface area (Å²) >= 11 is 1.79. The maximum Gasteiger partial charge on any atom is 0.410 e. The number of amides is 1. The molecule has 0 N–H and O–H groups in total. The predicted octanol–water partition coefficient (Wildman–Crippen LogP) is 5.68. The standard InChI is InChI=1S/C28H27NO3S/c1-2-18-32-27(31)29-20-26(19-25(29)21-30)33-28(22-12-6-3-7-13-22,23-14-8-4-9-15-23)24-16-10-5-11-17-24/h2-17,21,25-26H,1,18-20H2/t25-,26-/m0/s1. The Morgan fingerprint density at radius 3 is 1.85 bits per heavy atom. The summed E-state index contributed by atoms with van der Waals surface area (Å²) in [6, 6.07) is 30.8. The zero-order valence-electron chi connectivity index (χ0n) is 18.4. The van der Waals surface area contributed by atoms with Crippen molar-refractivity contribution in [1.29, 1.82) is 0 Å². The number of carbonyl (C=O) groups excluding carboxylic acids is 2. The van der Waals surface area contributed by atoms with Gasteiger partial charge in [-0.05, 0) is 23.1 Å². The molecule has 1 aliphatic rings. The molecule has 168 valence electrons. The summed E-state index contributed by atoms with van der Waals surface area (Å²) in [6.07, 6.45) is 2.48. The fourth-order valence-electron chi connectivity index (χ4n) is 4.44. The van der Waals surface area contributed by atoms with Gasteiger partial charge in [0.05, 0.1) is 10.8 Å². The molecule has 5 heteroatoms. The Labute approximate surface area is 199 Å². The van der Waals surface area contributed by atoms with E-state index in [0.29, 0.717) is 13.0 Å². The second-order valence-electron chi connectivity index (χ2n) is 7.98. The maximum absolute atomic E-state index is 12.6. The average Bonchev–Trinajstić information content (AvgIpc) is 3.30. The van der Waals surface area contributed by atoms with Gasteiger partial charge in [-0.1, -0.05) is 104 Å². The van der Waals surface area contributed by atoms with Gasteiger partial charge in [0.25, 0.3) is 0 Å². The lowest BCUT2D eigenvalue weighted by atomic mass is 9.84. The van der Waals surface area contributed by atoms with Crippen molar-refractivity contribution >= 4 is 24.1 Å². The van der Waals surface area contributed by atoms with Crippen LogP contribution < -0.4 is 0 Å². The zero-order valence-corrected chi connectivity index (χ0v) is 19.2. The molecule has 4 nitrogen and oxygen atoms in total. The van der Waals surface area contributed by atoms with Crippen LogP contribution in [0.5, 0.6) is 0 Å². The van der Waals surface area contributed by atoms with Crippen molar-refractivity contribution in [3.63, 3.8) is 0 Å². The number of rotatable bonds is 8. The van der Waals surface area contributed by atoms with Gasteiger partial charge in [-0.25, -0.2) is 4.79 Å². The van der Waals surface area contributed by atoms with Crippen LogP contribution in [0, 0.1) is 0 Å². The second-order valence-corrected chi connectivity index (χ2v) is 9.49. The molecule has 4 rings (SSSR count). The summed E-state index contributed by atoms with van der Waals surface area (Å²) < 4.78 is 4.74. The molecule has 2 atom stereocenters. The molecular weight excluding hydrogens is 430 g/mol. The van der Waals surface area contributed by atoms with Gasteiger partial charge in [-0.2, -0.15) is 0 Å². The molecule has 3 aromatic rings. The fourth-order valence-corrected chi connectivity index (χ4v) is 6.28. The first-order valence-electron chi connectivity index (χ1n) is 11.0. The van der Waals surface area contributed by atoms with Gasteiger partial charge in [0.1, 0.15) is 12.9 Å². The number of hydrogen-bond acceptors (Lipinski definition) is 4. The highest BCUT2D eigenvalue weighted by molar-refractivity contribution is 8.01.